The van der Waals surface area contributed by atoms with Gasteiger partial charge in [0.25, 0.3) is 0 Å². The Morgan fingerprint density at radius 2 is 2.10 bits per heavy atom. The zero-order valence-electron chi connectivity index (χ0n) is 11.8. The Labute approximate surface area is 117 Å². The highest BCUT2D eigenvalue weighted by Crippen LogP contribution is 2.32. The predicted molar refractivity (Wildman–Crippen MR) is 77.9 cm³/mol. The van der Waals surface area contributed by atoms with Crippen molar-refractivity contribution >= 4 is 11.8 Å². The van der Waals surface area contributed by atoms with E-state index in [1.54, 1.807) is 6.07 Å². The lowest BCUT2D eigenvalue weighted by Gasteiger charge is -2.09. The largest absolute Gasteiger partial charge is 0.493 e. The molecule has 0 aliphatic carbocycles. The summed E-state index contributed by atoms with van der Waals surface area (Å²) in [6.07, 6.45) is 0. The van der Waals surface area contributed by atoms with Crippen LogP contribution in [0.5, 0.6) is 5.75 Å². The number of aryl methyl sites for hydroxylation is 1. The number of nitrogens with one attached hydrogen (secondary N) is 1. The molecule has 2 rings (SSSR count). The van der Waals surface area contributed by atoms with E-state index in [9.17, 15) is 4.79 Å². The quantitative estimate of drug-likeness (QED) is 0.840. The topological polar surface area (TPSA) is 77.3 Å². The number of benzene rings is 1. The summed E-state index contributed by atoms with van der Waals surface area (Å²) >= 11 is 0. The maximum absolute atomic E-state index is 11.6. The second-order valence-corrected chi connectivity index (χ2v) is 4.43. The fourth-order valence-electron chi connectivity index (χ4n) is 2.03. The maximum Gasteiger partial charge on any atom is 0.341 e. The normalized spacial score (nSPS) is 10.3. The summed E-state index contributed by atoms with van der Waals surface area (Å²) in [5.41, 5.74) is 8.84. The van der Waals surface area contributed by atoms with Crippen LogP contribution in [-0.2, 0) is 4.74 Å². The van der Waals surface area contributed by atoms with Gasteiger partial charge in [0.2, 0.25) is 0 Å². The van der Waals surface area contributed by atoms with Gasteiger partial charge in [-0.3, -0.25) is 0 Å². The second kappa shape index (κ2) is 5.69. The first-order chi connectivity index (χ1) is 9.56. The summed E-state index contributed by atoms with van der Waals surface area (Å²) in [6.45, 7) is 4.48. The molecular weight excluding hydrogens is 256 g/mol. The van der Waals surface area contributed by atoms with E-state index in [0.717, 1.165) is 22.6 Å². The first-order valence-electron chi connectivity index (χ1n) is 6.37. The number of carbonyl (C=O) groups excluding carboxylic acids is 1. The molecule has 1 heterocycles. The lowest BCUT2D eigenvalue weighted by atomic mass is 10.1. The molecule has 5 nitrogen and oxygen atoms in total. The molecule has 0 atom stereocenters. The van der Waals surface area contributed by atoms with E-state index in [-0.39, 0.29) is 5.82 Å². The second-order valence-electron chi connectivity index (χ2n) is 4.43. The van der Waals surface area contributed by atoms with Crippen molar-refractivity contribution < 1.29 is 14.3 Å². The fraction of sp³-hybridized carbons (Fsp3) is 0.267. The van der Waals surface area contributed by atoms with Gasteiger partial charge in [-0.2, -0.15) is 0 Å². The molecule has 0 aliphatic rings. The molecule has 0 saturated carbocycles. The van der Waals surface area contributed by atoms with Crippen LogP contribution in [0.15, 0.2) is 24.3 Å². The van der Waals surface area contributed by atoms with Gasteiger partial charge in [-0.1, -0.05) is 11.6 Å². The average Bonchev–Trinajstić information content (AvgIpc) is 2.82. The van der Waals surface area contributed by atoms with Crippen molar-refractivity contribution in [2.75, 3.05) is 19.5 Å². The molecule has 1 aromatic heterocycles. The number of H-pyrrole nitrogens is 1. The highest BCUT2D eigenvalue weighted by molar-refractivity contribution is 5.96. The van der Waals surface area contributed by atoms with E-state index in [1.165, 1.54) is 7.11 Å². The molecule has 5 heteroatoms. The third-order valence-electron chi connectivity index (χ3n) is 2.98. The van der Waals surface area contributed by atoms with Crippen molar-refractivity contribution in [1.29, 1.82) is 0 Å². The number of carbonyl (C=O) groups is 1. The number of nitrogen functional groups attached to an aromatic ring is 1. The molecule has 0 fully saturated rings. The Balaban J connectivity index is 2.51. The van der Waals surface area contributed by atoms with Crippen LogP contribution < -0.4 is 10.5 Å². The number of nitrogens with two attached hydrogens (primary N) is 1. The molecule has 106 valence electrons. The summed E-state index contributed by atoms with van der Waals surface area (Å²) in [5, 5.41) is 0. The number of rotatable bonds is 4. The minimum absolute atomic E-state index is 0.288. The fourth-order valence-corrected chi connectivity index (χ4v) is 2.03. The van der Waals surface area contributed by atoms with Gasteiger partial charge in [0.05, 0.1) is 19.4 Å². The van der Waals surface area contributed by atoms with Crippen molar-refractivity contribution in [2.24, 2.45) is 0 Å². The Morgan fingerprint density at radius 1 is 1.35 bits per heavy atom. The average molecular weight is 274 g/mol. The first kappa shape index (κ1) is 14.0. The van der Waals surface area contributed by atoms with E-state index in [0.29, 0.717) is 12.2 Å². The third kappa shape index (κ3) is 2.61. The molecule has 0 radical (unpaired) electrons. The maximum atomic E-state index is 11.6. The standard InChI is InChI=1S/C15H18N2O3/c1-4-20-13-6-5-9(2)7-10(13)12-8-11(14(16)17-12)15(18)19-3/h5-8,17H,4,16H2,1-3H3. The Bertz CT molecular complexity index is 632. The number of anilines is 1. The van der Waals surface area contributed by atoms with Crippen LogP contribution in [0.2, 0.25) is 0 Å². The van der Waals surface area contributed by atoms with Crippen LogP contribution in [0.1, 0.15) is 22.8 Å². The first-order valence-corrected chi connectivity index (χ1v) is 6.37. The minimum atomic E-state index is -0.462. The van der Waals surface area contributed by atoms with Gasteiger partial charge >= 0.3 is 5.97 Å². The van der Waals surface area contributed by atoms with Gasteiger partial charge in [0, 0.05) is 5.56 Å². The lowest BCUT2D eigenvalue weighted by Crippen LogP contribution is -2.02. The Hall–Kier alpha value is -2.43. The zero-order chi connectivity index (χ0) is 14.7. The number of aromatic nitrogens is 1. The molecule has 0 aliphatic heterocycles. The summed E-state index contributed by atoms with van der Waals surface area (Å²) < 4.78 is 10.3. The molecular formula is C15H18N2O3. The number of esters is 1. The molecule has 0 spiro atoms. The van der Waals surface area contributed by atoms with Crippen molar-refractivity contribution in [3.63, 3.8) is 0 Å². The van der Waals surface area contributed by atoms with E-state index >= 15 is 0 Å². The summed E-state index contributed by atoms with van der Waals surface area (Å²) in [7, 11) is 1.33. The number of methoxy groups -OCH3 is 1. The van der Waals surface area contributed by atoms with Crippen molar-refractivity contribution in [2.45, 2.75) is 13.8 Å². The van der Waals surface area contributed by atoms with E-state index < -0.39 is 5.97 Å². The molecule has 20 heavy (non-hydrogen) atoms. The van der Waals surface area contributed by atoms with E-state index in [2.05, 4.69) is 4.98 Å². The van der Waals surface area contributed by atoms with Gasteiger partial charge in [-0.25, -0.2) is 4.79 Å². The highest BCUT2D eigenvalue weighted by atomic mass is 16.5. The van der Waals surface area contributed by atoms with E-state index in [4.69, 9.17) is 15.2 Å². The van der Waals surface area contributed by atoms with Crippen LogP contribution >= 0.6 is 0 Å². The molecule has 0 unspecified atom stereocenters. The number of hydrogen-bond donors (Lipinski definition) is 2. The predicted octanol–water partition coefficient (Wildman–Crippen LogP) is 2.76. The van der Waals surface area contributed by atoms with Gasteiger partial charge < -0.3 is 20.2 Å². The van der Waals surface area contributed by atoms with Crippen LogP contribution in [0.4, 0.5) is 5.82 Å². The molecule has 3 N–H and O–H groups in total. The van der Waals surface area contributed by atoms with Gasteiger partial charge in [-0.05, 0) is 32.0 Å². The van der Waals surface area contributed by atoms with Gasteiger partial charge in [-0.15, -0.1) is 0 Å². The Morgan fingerprint density at radius 3 is 2.75 bits per heavy atom. The van der Waals surface area contributed by atoms with Crippen molar-refractivity contribution in [3.8, 4) is 17.0 Å². The van der Waals surface area contributed by atoms with Crippen molar-refractivity contribution in [3.05, 3.63) is 35.4 Å². The summed E-state index contributed by atoms with van der Waals surface area (Å²) in [6, 6.07) is 7.54. The van der Waals surface area contributed by atoms with Crippen LogP contribution in [0.25, 0.3) is 11.3 Å². The van der Waals surface area contributed by atoms with Gasteiger partial charge in [0.15, 0.2) is 0 Å². The smallest absolute Gasteiger partial charge is 0.341 e. The molecule has 1 aromatic carbocycles. The zero-order valence-corrected chi connectivity index (χ0v) is 11.8. The molecule has 0 saturated heterocycles. The summed E-state index contributed by atoms with van der Waals surface area (Å²) in [5.74, 6) is 0.571. The van der Waals surface area contributed by atoms with Crippen molar-refractivity contribution in [1.82, 2.24) is 4.98 Å². The molecule has 0 amide bonds. The number of hydrogen-bond acceptors (Lipinski definition) is 4. The summed E-state index contributed by atoms with van der Waals surface area (Å²) in [4.78, 5) is 14.6. The van der Waals surface area contributed by atoms with Crippen LogP contribution in [-0.4, -0.2) is 24.7 Å². The Kier molecular flexibility index (Phi) is 3.98. The molecule has 0 bridgehead atoms. The van der Waals surface area contributed by atoms with Crippen LogP contribution in [0, 0.1) is 6.92 Å². The third-order valence-corrected chi connectivity index (χ3v) is 2.98. The van der Waals surface area contributed by atoms with Gasteiger partial charge in [0.1, 0.15) is 17.1 Å². The minimum Gasteiger partial charge on any atom is -0.493 e. The number of aromatic amines is 1. The lowest BCUT2D eigenvalue weighted by molar-refractivity contribution is 0.0602. The van der Waals surface area contributed by atoms with Crippen LogP contribution in [0.3, 0.4) is 0 Å². The monoisotopic (exact) mass is 274 g/mol. The number of ether oxygens (including phenoxy) is 2. The van der Waals surface area contributed by atoms with E-state index in [1.807, 2.05) is 32.0 Å². The highest BCUT2D eigenvalue weighted by Gasteiger charge is 2.17. The molecule has 2 aromatic rings. The SMILES string of the molecule is CCOc1ccc(C)cc1-c1cc(C(=O)OC)c(N)[nH]1.